The molecule has 0 bridgehead atoms. The highest BCUT2D eigenvalue weighted by Crippen LogP contribution is 2.22. The van der Waals surface area contributed by atoms with Crippen molar-refractivity contribution in [3.8, 4) is 5.75 Å². The molecule has 0 atom stereocenters. The molecule has 154 valence electrons. The Hall–Kier alpha value is -2.90. The Labute approximate surface area is 172 Å². The van der Waals surface area contributed by atoms with E-state index in [1.165, 1.54) is 38.5 Å². The number of methoxy groups -OCH3 is 1. The molecule has 2 aliphatic heterocycles. The van der Waals surface area contributed by atoms with Crippen LogP contribution in [0.4, 0.5) is 17.8 Å². The maximum atomic E-state index is 5.37. The van der Waals surface area contributed by atoms with Crippen LogP contribution in [0.1, 0.15) is 44.1 Å². The number of para-hydroxylation sites is 1. The molecule has 8 heteroatoms. The van der Waals surface area contributed by atoms with Crippen LogP contribution in [-0.2, 0) is 0 Å². The van der Waals surface area contributed by atoms with Gasteiger partial charge in [0.15, 0.2) is 0 Å². The lowest BCUT2D eigenvalue weighted by atomic mass is 10.1. The fourth-order valence-corrected chi connectivity index (χ4v) is 3.81. The van der Waals surface area contributed by atoms with Crippen molar-refractivity contribution in [3.63, 3.8) is 0 Å². The van der Waals surface area contributed by atoms with Crippen molar-refractivity contribution in [2.75, 3.05) is 48.5 Å². The number of nitrogens with zero attached hydrogens (tertiary/aromatic N) is 6. The molecular weight excluding hydrogens is 366 g/mol. The van der Waals surface area contributed by atoms with Crippen molar-refractivity contribution < 1.29 is 4.74 Å². The van der Waals surface area contributed by atoms with E-state index in [-0.39, 0.29) is 0 Å². The molecule has 0 saturated carbocycles. The van der Waals surface area contributed by atoms with Crippen LogP contribution >= 0.6 is 0 Å². The number of ether oxygens (including phenoxy) is 1. The number of benzene rings is 1. The molecule has 2 aliphatic rings. The quantitative estimate of drug-likeness (QED) is 0.594. The van der Waals surface area contributed by atoms with Crippen LogP contribution in [0.25, 0.3) is 0 Å². The summed E-state index contributed by atoms with van der Waals surface area (Å²) in [5.41, 5.74) is 3.89. The number of hydrazone groups is 1. The van der Waals surface area contributed by atoms with Gasteiger partial charge in [-0.1, -0.05) is 12.1 Å². The van der Waals surface area contributed by atoms with Crippen molar-refractivity contribution in [1.82, 2.24) is 15.0 Å². The number of hydrogen-bond acceptors (Lipinski definition) is 8. The number of hydrogen-bond donors (Lipinski definition) is 1. The molecule has 8 nitrogen and oxygen atoms in total. The predicted molar refractivity (Wildman–Crippen MR) is 116 cm³/mol. The average Bonchev–Trinajstić information content (AvgIpc) is 2.80. The van der Waals surface area contributed by atoms with Crippen LogP contribution in [0.15, 0.2) is 29.4 Å². The van der Waals surface area contributed by atoms with E-state index in [0.29, 0.717) is 5.95 Å². The first-order chi connectivity index (χ1) is 14.3. The minimum absolute atomic E-state index is 0.479. The van der Waals surface area contributed by atoms with E-state index in [9.17, 15) is 0 Å². The summed E-state index contributed by atoms with van der Waals surface area (Å²) >= 11 is 0. The third-order valence-corrected chi connectivity index (χ3v) is 5.40. The van der Waals surface area contributed by atoms with Gasteiger partial charge in [-0.05, 0) is 50.7 Å². The van der Waals surface area contributed by atoms with Gasteiger partial charge in [0.25, 0.3) is 0 Å². The molecule has 0 unspecified atom stereocenters. The second-order valence-electron chi connectivity index (χ2n) is 7.47. The smallest absolute Gasteiger partial charge is 0.250 e. The summed E-state index contributed by atoms with van der Waals surface area (Å²) in [5.74, 6) is 2.74. The molecule has 2 fully saturated rings. The van der Waals surface area contributed by atoms with E-state index in [2.05, 4.69) is 30.3 Å². The first-order valence-corrected chi connectivity index (χ1v) is 10.5. The summed E-state index contributed by atoms with van der Waals surface area (Å²) in [5, 5.41) is 4.35. The SMILES string of the molecule is COc1ccccc1/C=N\Nc1nc(N2CCCCC2)nc(N2CCCCC2)n1. The van der Waals surface area contributed by atoms with Gasteiger partial charge in [0, 0.05) is 31.7 Å². The monoisotopic (exact) mass is 395 g/mol. The Morgan fingerprint density at radius 2 is 1.45 bits per heavy atom. The largest absolute Gasteiger partial charge is 0.496 e. The van der Waals surface area contributed by atoms with Crippen LogP contribution in [0.3, 0.4) is 0 Å². The van der Waals surface area contributed by atoms with Gasteiger partial charge in [-0.3, -0.25) is 0 Å². The second-order valence-corrected chi connectivity index (χ2v) is 7.47. The van der Waals surface area contributed by atoms with E-state index in [1.54, 1.807) is 13.3 Å². The molecule has 1 aromatic carbocycles. The highest BCUT2D eigenvalue weighted by molar-refractivity contribution is 5.83. The third kappa shape index (κ3) is 4.93. The lowest BCUT2D eigenvalue weighted by molar-refractivity contribution is 0.414. The summed E-state index contributed by atoms with van der Waals surface area (Å²) < 4.78 is 5.37. The van der Waals surface area contributed by atoms with Crippen LogP contribution in [-0.4, -0.2) is 54.5 Å². The first kappa shape index (κ1) is 19.4. The van der Waals surface area contributed by atoms with E-state index >= 15 is 0 Å². The van der Waals surface area contributed by atoms with Crippen molar-refractivity contribution in [2.24, 2.45) is 5.10 Å². The summed E-state index contributed by atoms with van der Waals surface area (Å²) in [6.45, 7) is 3.97. The van der Waals surface area contributed by atoms with Crippen molar-refractivity contribution in [3.05, 3.63) is 29.8 Å². The second kappa shape index (κ2) is 9.54. The molecular formula is C21H29N7O. The summed E-state index contributed by atoms with van der Waals surface area (Å²) in [4.78, 5) is 18.6. The van der Waals surface area contributed by atoms with Gasteiger partial charge in [-0.2, -0.15) is 20.1 Å². The van der Waals surface area contributed by atoms with E-state index < -0.39 is 0 Å². The molecule has 1 N–H and O–H groups in total. The van der Waals surface area contributed by atoms with Crippen LogP contribution in [0, 0.1) is 0 Å². The third-order valence-electron chi connectivity index (χ3n) is 5.40. The Morgan fingerprint density at radius 1 is 0.862 bits per heavy atom. The summed E-state index contributed by atoms with van der Waals surface area (Å²) in [7, 11) is 1.65. The fraction of sp³-hybridized carbons (Fsp3) is 0.524. The Morgan fingerprint density at radius 3 is 2.03 bits per heavy atom. The molecule has 3 heterocycles. The number of rotatable bonds is 6. The van der Waals surface area contributed by atoms with Gasteiger partial charge in [-0.15, -0.1) is 0 Å². The van der Waals surface area contributed by atoms with Gasteiger partial charge in [0.1, 0.15) is 5.75 Å². The Kier molecular flexibility index (Phi) is 6.38. The number of nitrogens with one attached hydrogen (secondary N) is 1. The van der Waals surface area contributed by atoms with Crippen LogP contribution < -0.4 is 20.0 Å². The van der Waals surface area contributed by atoms with Gasteiger partial charge in [0.05, 0.1) is 13.3 Å². The number of piperidine rings is 2. The van der Waals surface area contributed by atoms with Crippen LogP contribution in [0.2, 0.25) is 0 Å². The zero-order chi connectivity index (χ0) is 19.9. The number of aromatic nitrogens is 3. The fourth-order valence-electron chi connectivity index (χ4n) is 3.81. The maximum Gasteiger partial charge on any atom is 0.250 e. The highest BCUT2D eigenvalue weighted by Gasteiger charge is 2.20. The van der Waals surface area contributed by atoms with E-state index in [0.717, 1.165) is 49.4 Å². The zero-order valence-electron chi connectivity index (χ0n) is 17.0. The molecule has 4 rings (SSSR count). The first-order valence-electron chi connectivity index (χ1n) is 10.5. The molecule has 0 aliphatic carbocycles. The van der Waals surface area contributed by atoms with Gasteiger partial charge < -0.3 is 14.5 Å². The molecule has 0 spiro atoms. The predicted octanol–water partition coefficient (Wildman–Crippen LogP) is 3.31. The van der Waals surface area contributed by atoms with Gasteiger partial charge in [0.2, 0.25) is 17.8 Å². The normalized spacial score (nSPS) is 17.6. The Bertz CT molecular complexity index is 793. The maximum absolute atomic E-state index is 5.37. The van der Waals surface area contributed by atoms with Crippen LogP contribution in [0.5, 0.6) is 5.75 Å². The molecule has 0 radical (unpaired) electrons. The Balaban J connectivity index is 1.56. The standard InChI is InChI=1S/C21H29N7O/c1-29-18-11-5-4-10-17(18)16-22-26-19-23-20(27-12-6-2-7-13-27)25-21(24-19)28-14-8-3-9-15-28/h4-5,10-11,16H,2-3,6-9,12-15H2,1H3,(H,23,24,25,26)/b22-16-. The molecule has 1 aromatic heterocycles. The summed E-state index contributed by atoms with van der Waals surface area (Å²) in [6, 6.07) is 7.75. The topological polar surface area (TPSA) is 78.8 Å². The van der Waals surface area contributed by atoms with E-state index in [4.69, 9.17) is 9.72 Å². The minimum atomic E-state index is 0.479. The molecule has 0 amide bonds. The molecule has 2 aromatic rings. The average molecular weight is 396 g/mol. The van der Waals surface area contributed by atoms with Gasteiger partial charge in [-0.25, -0.2) is 5.43 Å². The molecule has 29 heavy (non-hydrogen) atoms. The minimum Gasteiger partial charge on any atom is -0.496 e. The lowest BCUT2D eigenvalue weighted by Gasteiger charge is -2.30. The van der Waals surface area contributed by atoms with Crippen molar-refractivity contribution in [2.45, 2.75) is 38.5 Å². The lowest BCUT2D eigenvalue weighted by Crippen LogP contribution is -2.34. The highest BCUT2D eigenvalue weighted by atomic mass is 16.5. The van der Waals surface area contributed by atoms with Gasteiger partial charge >= 0.3 is 0 Å². The number of anilines is 3. The molecule has 2 saturated heterocycles. The summed E-state index contributed by atoms with van der Waals surface area (Å²) in [6.07, 6.45) is 8.99. The van der Waals surface area contributed by atoms with E-state index in [1.807, 2.05) is 24.3 Å². The van der Waals surface area contributed by atoms with Crippen molar-refractivity contribution in [1.29, 1.82) is 0 Å². The van der Waals surface area contributed by atoms with Crippen molar-refractivity contribution >= 4 is 24.1 Å². The zero-order valence-corrected chi connectivity index (χ0v) is 17.0.